The summed E-state index contributed by atoms with van der Waals surface area (Å²) < 4.78 is 12.6. The van der Waals surface area contributed by atoms with Crippen LogP contribution in [0, 0.1) is 0 Å². The molecule has 38 heavy (non-hydrogen) atoms. The molecule has 180 valence electrons. The Morgan fingerprint density at radius 2 is 1.13 bits per heavy atom. The molecule has 0 N–H and O–H groups in total. The molecule has 5 aromatic carbocycles. The van der Waals surface area contributed by atoms with Gasteiger partial charge in [-0.3, -0.25) is 14.5 Å². The Bertz CT molecular complexity index is 1880. The van der Waals surface area contributed by atoms with Crippen molar-refractivity contribution in [1.29, 1.82) is 0 Å². The first-order valence-electron chi connectivity index (χ1n) is 12.3. The molecule has 2 aliphatic rings. The van der Waals surface area contributed by atoms with Crippen molar-refractivity contribution in [2.45, 2.75) is 0 Å². The molecule has 6 aromatic rings. The Labute approximate surface area is 216 Å². The van der Waals surface area contributed by atoms with Crippen molar-refractivity contribution in [2.24, 2.45) is 0 Å². The summed E-state index contributed by atoms with van der Waals surface area (Å²) in [5.41, 5.74) is 3.64. The summed E-state index contributed by atoms with van der Waals surface area (Å²) >= 11 is 0. The molecule has 0 bridgehead atoms. The summed E-state index contributed by atoms with van der Waals surface area (Å²) in [7, 11) is 0. The van der Waals surface area contributed by atoms with E-state index in [0.717, 1.165) is 22.1 Å². The Kier molecular flexibility index (Phi) is 4.14. The fraction of sp³-hybridized carbons (Fsp3) is 0. The van der Waals surface area contributed by atoms with E-state index < -0.39 is 11.8 Å². The van der Waals surface area contributed by atoms with Crippen LogP contribution in [0.15, 0.2) is 114 Å². The Hall–Kier alpha value is -5.36. The van der Waals surface area contributed by atoms with Crippen LogP contribution in [0.2, 0.25) is 0 Å². The maximum atomic E-state index is 14.0. The number of rotatable bonds is 2. The normalized spacial score (nSPS) is 14.0. The lowest BCUT2D eigenvalue weighted by Crippen LogP contribution is -2.40. The molecular formula is C32H18N2O4. The summed E-state index contributed by atoms with van der Waals surface area (Å²) in [6.07, 6.45) is 0. The highest BCUT2D eigenvalue weighted by atomic mass is 16.5. The summed E-state index contributed by atoms with van der Waals surface area (Å²) in [5, 5.41) is 2.29. The van der Waals surface area contributed by atoms with E-state index in [4.69, 9.17) is 9.15 Å². The van der Waals surface area contributed by atoms with Gasteiger partial charge in [-0.2, -0.15) is 0 Å². The van der Waals surface area contributed by atoms with E-state index >= 15 is 0 Å². The van der Waals surface area contributed by atoms with Gasteiger partial charge in [0.1, 0.15) is 11.3 Å². The standard InChI is InChI=1S/C32H18N2O4/c35-30-21-12-7-9-19-10-8-13-22(28(19)21)31(36)34(30)32-29(20-11-1-4-16-25(20)38-32)33-23-14-2-5-17-26(23)37-27-18-6-3-15-24(27)33/h1-18H. The van der Waals surface area contributed by atoms with Crippen molar-refractivity contribution in [3.05, 3.63) is 120 Å². The number of para-hydroxylation sites is 5. The molecule has 0 saturated carbocycles. The predicted octanol–water partition coefficient (Wildman–Crippen LogP) is 7.96. The number of ether oxygens (including phenoxy) is 1. The van der Waals surface area contributed by atoms with Crippen LogP contribution in [0.3, 0.4) is 0 Å². The SMILES string of the molecule is O=C1c2cccc3cccc(c23)C(=O)N1c1oc2ccccc2c1N1c2ccccc2Oc2ccccc21. The zero-order chi connectivity index (χ0) is 25.4. The highest BCUT2D eigenvalue weighted by molar-refractivity contribution is 6.36. The minimum absolute atomic E-state index is 0.166. The predicted molar refractivity (Wildman–Crippen MR) is 146 cm³/mol. The third-order valence-corrected chi connectivity index (χ3v) is 7.18. The van der Waals surface area contributed by atoms with Crippen molar-refractivity contribution in [3.8, 4) is 11.5 Å². The van der Waals surface area contributed by atoms with E-state index in [1.807, 2.05) is 102 Å². The molecule has 0 spiro atoms. The average molecular weight is 495 g/mol. The van der Waals surface area contributed by atoms with Crippen LogP contribution in [-0.2, 0) is 0 Å². The minimum atomic E-state index is -0.422. The van der Waals surface area contributed by atoms with Gasteiger partial charge in [0, 0.05) is 21.9 Å². The van der Waals surface area contributed by atoms with Gasteiger partial charge >= 0.3 is 0 Å². The molecule has 3 heterocycles. The first-order chi connectivity index (χ1) is 18.7. The highest BCUT2D eigenvalue weighted by Crippen LogP contribution is 2.55. The van der Waals surface area contributed by atoms with E-state index in [1.165, 1.54) is 4.90 Å². The average Bonchev–Trinajstić information content (AvgIpc) is 3.33. The molecule has 0 radical (unpaired) electrons. The van der Waals surface area contributed by atoms with E-state index in [2.05, 4.69) is 0 Å². The lowest BCUT2D eigenvalue weighted by Gasteiger charge is -2.34. The second-order valence-corrected chi connectivity index (χ2v) is 9.28. The monoisotopic (exact) mass is 494 g/mol. The quantitative estimate of drug-likeness (QED) is 0.228. The number of benzene rings is 5. The number of amides is 2. The van der Waals surface area contributed by atoms with Crippen LogP contribution in [0.5, 0.6) is 11.5 Å². The molecule has 0 fully saturated rings. The fourth-order valence-electron chi connectivity index (χ4n) is 5.55. The van der Waals surface area contributed by atoms with E-state index in [9.17, 15) is 9.59 Å². The number of carbonyl (C=O) groups excluding carboxylic acids is 2. The van der Waals surface area contributed by atoms with Crippen molar-refractivity contribution < 1.29 is 18.7 Å². The summed E-state index contributed by atoms with van der Waals surface area (Å²) in [6, 6.07) is 34.0. The van der Waals surface area contributed by atoms with Gasteiger partial charge in [-0.05, 0) is 53.9 Å². The third-order valence-electron chi connectivity index (χ3n) is 7.18. The molecule has 2 amide bonds. The zero-order valence-electron chi connectivity index (χ0n) is 19.9. The van der Waals surface area contributed by atoms with Crippen molar-refractivity contribution in [2.75, 3.05) is 9.80 Å². The van der Waals surface area contributed by atoms with Gasteiger partial charge in [-0.25, -0.2) is 4.90 Å². The van der Waals surface area contributed by atoms with Gasteiger partial charge in [0.15, 0.2) is 11.5 Å². The van der Waals surface area contributed by atoms with Gasteiger partial charge in [-0.1, -0.05) is 60.7 Å². The lowest BCUT2D eigenvalue weighted by atomic mass is 9.94. The maximum Gasteiger partial charge on any atom is 0.268 e. The Morgan fingerprint density at radius 1 is 0.553 bits per heavy atom. The molecule has 0 aliphatic carbocycles. The molecule has 2 aliphatic heterocycles. The molecule has 6 nitrogen and oxygen atoms in total. The second-order valence-electron chi connectivity index (χ2n) is 9.28. The van der Waals surface area contributed by atoms with Gasteiger partial charge in [0.05, 0.1) is 11.4 Å². The number of imide groups is 1. The van der Waals surface area contributed by atoms with Gasteiger partial charge in [-0.15, -0.1) is 0 Å². The van der Waals surface area contributed by atoms with Crippen LogP contribution < -0.4 is 14.5 Å². The number of anilines is 4. The van der Waals surface area contributed by atoms with E-state index in [0.29, 0.717) is 39.3 Å². The summed E-state index contributed by atoms with van der Waals surface area (Å²) in [6.45, 7) is 0. The smallest absolute Gasteiger partial charge is 0.268 e. The molecule has 0 atom stereocenters. The van der Waals surface area contributed by atoms with Crippen molar-refractivity contribution >= 4 is 56.5 Å². The largest absolute Gasteiger partial charge is 0.453 e. The number of hydrogen-bond donors (Lipinski definition) is 0. The number of hydrogen-bond acceptors (Lipinski definition) is 5. The molecule has 8 rings (SSSR count). The van der Waals surface area contributed by atoms with Crippen molar-refractivity contribution in [1.82, 2.24) is 0 Å². The number of carbonyl (C=O) groups is 2. The van der Waals surface area contributed by atoms with Gasteiger partial charge < -0.3 is 9.15 Å². The number of fused-ring (bicyclic) bond motifs is 3. The lowest BCUT2D eigenvalue weighted by molar-refractivity contribution is 0.0888. The van der Waals surface area contributed by atoms with Crippen LogP contribution >= 0.6 is 0 Å². The van der Waals surface area contributed by atoms with Gasteiger partial charge in [0.25, 0.3) is 11.8 Å². The molecule has 0 saturated heterocycles. The van der Waals surface area contributed by atoms with Crippen LogP contribution in [0.1, 0.15) is 20.7 Å². The molecule has 6 heteroatoms. The Balaban J connectivity index is 1.44. The van der Waals surface area contributed by atoms with Crippen LogP contribution in [0.25, 0.3) is 21.7 Å². The first kappa shape index (κ1) is 20.8. The number of nitrogens with zero attached hydrogens (tertiary/aromatic N) is 2. The number of furan rings is 1. The van der Waals surface area contributed by atoms with E-state index in [-0.39, 0.29) is 5.88 Å². The Morgan fingerprint density at radius 3 is 1.79 bits per heavy atom. The molecular weight excluding hydrogens is 476 g/mol. The fourth-order valence-corrected chi connectivity index (χ4v) is 5.55. The minimum Gasteiger partial charge on any atom is -0.453 e. The third kappa shape index (κ3) is 2.71. The van der Waals surface area contributed by atoms with Crippen LogP contribution in [0.4, 0.5) is 22.9 Å². The summed E-state index contributed by atoms with van der Waals surface area (Å²) in [5.74, 6) is 0.644. The highest BCUT2D eigenvalue weighted by Gasteiger charge is 2.40. The maximum absolute atomic E-state index is 14.0. The van der Waals surface area contributed by atoms with Gasteiger partial charge in [0.2, 0.25) is 5.88 Å². The summed E-state index contributed by atoms with van der Waals surface area (Å²) in [4.78, 5) is 31.2. The van der Waals surface area contributed by atoms with Crippen molar-refractivity contribution in [3.63, 3.8) is 0 Å². The second kappa shape index (κ2) is 7.57. The first-order valence-corrected chi connectivity index (χ1v) is 12.3. The van der Waals surface area contributed by atoms with E-state index in [1.54, 1.807) is 12.1 Å². The zero-order valence-corrected chi connectivity index (χ0v) is 19.9. The topological polar surface area (TPSA) is 63.0 Å². The van der Waals surface area contributed by atoms with Crippen LogP contribution in [-0.4, -0.2) is 11.8 Å². The molecule has 1 aromatic heterocycles. The molecule has 0 unspecified atom stereocenters.